The summed E-state index contributed by atoms with van der Waals surface area (Å²) in [6.07, 6.45) is 3.27. The molecule has 2 saturated heterocycles. The number of thiol groups is 1. The van der Waals surface area contributed by atoms with Crippen LogP contribution in [0.2, 0.25) is 0 Å². The SMILES string of the molecule is NC(CS)CN1CCN(C(=O)c2cccc3ccccc23)CC1C(=O)N1CCCCC1. The molecule has 166 valence electrons. The lowest BCUT2D eigenvalue weighted by Gasteiger charge is -2.43. The minimum atomic E-state index is -0.350. The van der Waals surface area contributed by atoms with Gasteiger partial charge in [0, 0.05) is 56.6 Å². The number of piperidine rings is 1. The van der Waals surface area contributed by atoms with E-state index in [1.54, 1.807) is 0 Å². The highest BCUT2D eigenvalue weighted by atomic mass is 32.1. The molecule has 2 aliphatic heterocycles. The van der Waals surface area contributed by atoms with E-state index in [2.05, 4.69) is 17.5 Å². The Hall–Kier alpha value is -2.09. The van der Waals surface area contributed by atoms with Crippen molar-refractivity contribution in [2.75, 3.05) is 45.0 Å². The van der Waals surface area contributed by atoms with Crippen molar-refractivity contribution >= 4 is 35.2 Å². The number of benzene rings is 2. The Morgan fingerprint density at radius 3 is 2.48 bits per heavy atom. The molecule has 6 nitrogen and oxygen atoms in total. The molecule has 0 radical (unpaired) electrons. The fourth-order valence-electron chi connectivity index (χ4n) is 4.72. The van der Waals surface area contributed by atoms with Gasteiger partial charge in [-0.1, -0.05) is 36.4 Å². The first-order chi connectivity index (χ1) is 15.1. The van der Waals surface area contributed by atoms with Gasteiger partial charge in [0.15, 0.2) is 0 Å². The van der Waals surface area contributed by atoms with Crippen LogP contribution in [0.25, 0.3) is 10.8 Å². The average Bonchev–Trinajstić information content (AvgIpc) is 2.83. The van der Waals surface area contributed by atoms with Gasteiger partial charge in [0.05, 0.1) is 0 Å². The van der Waals surface area contributed by atoms with E-state index in [0.717, 1.165) is 36.7 Å². The van der Waals surface area contributed by atoms with Crippen LogP contribution < -0.4 is 5.73 Å². The zero-order valence-electron chi connectivity index (χ0n) is 17.9. The van der Waals surface area contributed by atoms with Crippen LogP contribution in [0.1, 0.15) is 29.6 Å². The predicted octanol–water partition coefficient (Wildman–Crippen LogP) is 2.24. The van der Waals surface area contributed by atoms with Crippen molar-refractivity contribution in [1.29, 1.82) is 0 Å². The van der Waals surface area contributed by atoms with Crippen LogP contribution in [0.15, 0.2) is 42.5 Å². The maximum absolute atomic E-state index is 13.5. The van der Waals surface area contributed by atoms with Crippen LogP contribution in [0.5, 0.6) is 0 Å². The smallest absolute Gasteiger partial charge is 0.254 e. The van der Waals surface area contributed by atoms with Gasteiger partial charge >= 0.3 is 0 Å². The highest BCUT2D eigenvalue weighted by Crippen LogP contribution is 2.23. The molecule has 2 fully saturated rings. The Labute approximate surface area is 189 Å². The number of hydrogen-bond acceptors (Lipinski definition) is 5. The molecule has 4 rings (SSSR count). The second-order valence-electron chi connectivity index (χ2n) is 8.62. The lowest BCUT2D eigenvalue weighted by molar-refractivity contribution is -0.140. The molecular weight excluding hydrogens is 408 g/mol. The zero-order valence-corrected chi connectivity index (χ0v) is 18.8. The van der Waals surface area contributed by atoms with Crippen molar-refractivity contribution in [3.05, 3.63) is 48.0 Å². The van der Waals surface area contributed by atoms with Crippen LogP contribution >= 0.6 is 12.6 Å². The molecule has 2 atom stereocenters. The lowest BCUT2D eigenvalue weighted by atomic mass is 10.0. The Balaban J connectivity index is 1.57. The van der Waals surface area contributed by atoms with E-state index in [-0.39, 0.29) is 23.9 Å². The molecule has 2 aliphatic rings. The van der Waals surface area contributed by atoms with Crippen LogP contribution in [-0.4, -0.2) is 83.6 Å². The number of piperazine rings is 1. The quantitative estimate of drug-likeness (QED) is 0.700. The van der Waals surface area contributed by atoms with Gasteiger partial charge in [0.25, 0.3) is 5.91 Å². The highest BCUT2D eigenvalue weighted by molar-refractivity contribution is 7.80. The van der Waals surface area contributed by atoms with Gasteiger partial charge in [-0.05, 0) is 36.1 Å². The Kier molecular flexibility index (Phi) is 7.15. The van der Waals surface area contributed by atoms with Crippen molar-refractivity contribution in [2.24, 2.45) is 5.73 Å². The van der Waals surface area contributed by atoms with E-state index in [4.69, 9.17) is 5.73 Å². The van der Waals surface area contributed by atoms with E-state index in [9.17, 15) is 9.59 Å². The summed E-state index contributed by atoms with van der Waals surface area (Å²) < 4.78 is 0. The summed E-state index contributed by atoms with van der Waals surface area (Å²) in [6.45, 7) is 3.85. The zero-order chi connectivity index (χ0) is 21.8. The topological polar surface area (TPSA) is 69.9 Å². The van der Waals surface area contributed by atoms with E-state index < -0.39 is 0 Å². The van der Waals surface area contributed by atoms with Gasteiger partial charge in [0.1, 0.15) is 6.04 Å². The summed E-state index contributed by atoms with van der Waals surface area (Å²) in [5.74, 6) is 0.688. The minimum Gasteiger partial charge on any atom is -0.341 e. The van der Waals surface area contributed by atoms with Crippen molar-refractivity contribution in [1.82, 2.24) is 14.7 Å². The lowest BCUT2D eigenvalue weighted by Crippen LogP contribution is -2.62. The summed E-state index contributed by atoms with van der Waals surface area (Å²) in [4.78, 5) is 32.9. The normalized spacial score (nSPS) is 21.3. The fraction of sp³-hybridized carbons (Fsp3) is 0.500. The number of nitrogens with zero attached hydrogens (tertiary/aromatic N) is 3. The maximum atomic E-state index is 13.5. The van der Waals surface area contributed by atoms with Gasteiger partial charge in [-0.25, -0.2) is 0 Å². The Morgan fingerprint density at radius 2 is 1.71 bits per heavy atom. The standard InChI is InChI=1S/C24H32N4O2S/c25-19(17-31)15-27-13-14-28(16-22(27)24(30)26-11-4-1-5-12-26)23(29)21-10-6-8-18-7-2-3-9-20(18)21/h2-3,6-10,19,22,31H,1,4-5,11-17,25H2. The van der Waals surface area contributed by atoms with Crippen molar-refractivity contribution in [3.63, 3.8) is 0 Å². The van der Waals surface area contributed by atoms with Crippen molar-refractivity contribution < 1.29 is 9.59 Å². The number of likely N-dealkylation sites (tertiary alicyclic amines) is 1. The summed E-state index contributed by atoms with van der Waals surface area (Å²) in [7, 11) is 0. The summed E-state index contributed by atoms with van der Waals surface area (Å²) in [5.41, 5.74) is 6.87. The first-order valence-electron chi connectivity index (χ1n) is 11.2. The largest absolute Gasteiger partial charge is 0.341 e. The molecule has 0 spiro atoms. The molecule has 31 heavy (non-hydrogen) atoms. The predicted molar refractivity (Wildman–Crippen MR) is 127 cm³/mol. The summed E-state index contributed by atoms with van der Waals surface area (Å²) in [5, 5.41) is 2.00. The molecule has 2 N–H and O–H groups in total. The van der Waals surface area contributed by atoms with E-state index in [1.807, 2.05) is 52.3 Å². The Bertz CT molecular complexity index is 925. The summed E-state index contributed by atoms with van der Waals surface area (Å²) in [6, 6.07) is 13.3. The summed E-state index contributed by atoms with van der Waals surface area (Å²) >= 11 is 4.32. The van der Waals surface area contributed by atoms with Gasteiger partial charge in [-0.2, -0.15) is 12.6 Å². The number of rotatable bonds is 5. The van der Waals surface area contributed by atoms with Gasteiger partial charge in [-0.3, -0.25) is 14.5 Å². The van der Waals surface area contributed by atoms with Crippen LogP contribution in [-0.2, 0) is 4.79 Å². The van der Waals surface area contributed by atoms with Crippen molar-refractivity contribution in [3.8, 4) is 0 Å². The van der Waals surface area contributed by atoms with Gasteiger partial charge in [0.2, 0.25) is 5.91 Å². The number of nitrogens with two attached hydrogens (primary N) is 1. The van der Waals surface area contributed by atoms with E-state index in [0.29, 0.717) is 37.5 Å². The third-order valence-corrected chi connectivity index (χ3v) is 6.92. The first kappa shape index (κ1) is 22.1. The molecular formula is C24H32N4O2S. The third-order valence-electron chi connectivity index (χ3n) is 6.45. The molecule has 2 heterocycles. The molecule has 0 aromatic heterocycles. The van der Waals surface area contributed by atoms with E-state index in [1.165, 1.54) is 6.42 Å². The molecule has 2 aromatic rings. The second kappa shape index (κ2) is 10.0. The molecule has 2 aromatic carbocycles. The van der Waals surface area contributed by atoms with Crippen LogP contribution in [0, 0.1) is 0 Å². The first-order valence-corrected chi connectivity index (χ1v) is 11.9. The van der Waals surface area contributed by atoms with Gasteiger partial charge in [-0.15, -0.1) is 0 Å². The number of fused-ring (bicyclic) bond motifs is 1. The molecule has 2 amide bonds. The number of carbonyl (C=O) groups excluding carboxylic acids is 2. The van der Waals surface area contributed by atoms with Crippen LogP contribution in [0.3, 0.4) is 0 Å². The second-order valence-corrected chi connectivity index (χ2v) is 8.98. The maximum Gasteiger partial charge on any atom is 0.254 e. The molecule has 2 unspecified atom stereocenters. The van der Waals surface area contributed by atoms with Crippen LogP contribution in [0.4, 0.5) is 0 Å². The highest BCUT2D eigenvalue weighted by Gasteiger charge is 2.37. The van der Waals surface area contributed by atoms with Gasteiger partial charge < -0.3 is 15.5 Å². The number of carbonyl (C=O) groups is 2. The minimum absolute atomic E-state index is 0.00797. The molecule has 0 bridgehead atoms. The average molecular weight is 441 g/mol. The Morgan fingerprint density at radius 1 is 0.968 bits per heavy atom. The molecule has 7 heteroatoms. The molecule has 0 saturated carbocycles. The van der Waals surface area contributed by atoms with Crippen molar-refractivity contribution in [2.45, 2.75) is 31.3 Å². The number of amides is 2. The fourth-order valence-corrected chi connectivity index (χ4v) is 4.84. The van der Waals surface area contributed by atoms with E-state index >= 15 is 0 Å². The monoisotopic (exact) mass is 440 g/mol. The number of hydrogen-bond donors (Lipinski definition) is 2. The molecule has 0 aliphatic carbocycles. The third kappa shape index (κ3) is 4.89.